The number of hydrogen-bond donors (Lipinski definition) is 15. The first-order valence-corrected chi connectivity index (χ1v) is 20.1. The number of rotatable bonds is 29. The topological polar surface area (TPSA) is 416 Å². The van der Waals surface area contributed by atoms with Gasteiger partial charge in [0.05, 0.1) is 12.6 Å². The number of aliphatic hydroxyl groups is 1. The zero-order valence-electron chi connectivity index (χ0n) is 34.9. The Balaban J connectivity index is 6.27. The molecule has 24 nitrogen and oxygen atoms in total. The number of aliphatic carboxylic acids is 1. The first kappa shape index (κ1) is 54.6. The minimum atomic E-state index is -1.59. The minimum absolute atomic E-state index is 0.0124. The normalized spacial score (nSPS) is 14.4. The molecule has 0 saturated carbocycles. The number of nitrogens with two attached hydrogens (primary N) is 5. The third-order valence-corrected chi connectivity index (χ3v) is 8.75. The summed E-state index contributed by atoms with van der Waals surface area (Å²) in [5.74, 6) is -7.58. The zero-order chi connectivity index (χ0) is 46.1. The van der Waals surface area contributed by atoms with E-state index in [2.05, 4.69) is 59.8 Å². The van der Waals surface area contributed by atoms with Gasteiger partial charge in [-0.15, -0.1) is 0 Å². The van der Waals surface area contributed by atoms with Crippen LogP contribution in [0.5, 0.6) is 0 Å². The molecule has 0 unspecified atom stereocenters. The molecule has 0 aromatic heterocycles. The van der Waals surface area contributed by atoms with Crippen LogP contribution in [0.2, 0.25) is 0 Å². The van der Waals surface area contributed by atoms with Crippen LogP contribution >= 0.6 is 12.6 Å². The van der Waals surface area contributed by atoms with Gasteiger partial charge in [0, 0.05) is 18.8 Å². The Bertz CT molecular complexity index is 1510. The summed E-state index contributed by atoms with van der Waals surface area (Å²) >= 11 is 4.03. The van der Waals surface area contributed by atoms with Gasteiger partial charge >= 0.3 is 5.97 Å². The smallest absolute Gasteiger partial charge is 0.322 e. The molecule has 0 aliphatic rings. The van der Waals surface area contributed by atoms with E-state index in [0.29, 0.717) is 0 Å². The Morgan fingerprint density at radius 1 is 0.567 bits per heavy atom. The minimum Gasteiger partial charge on any atom is -0.480 e. The first-order chi connectivity index (χ1) is 28.0. The SMILES string of the molecule is CC(C)C[C@H](NC(=O)[C@H](CO)NC(=O)[C@H](C)NC(=O)[C@H](CCCN=C(N)N)NC(=O)[C@H](CCCN=C(N)N)NC(=O)[C@H](CC(C)C)NC(=O)[C@@H](N)CS)C(=O)NCC(=O)O. The maximum absolute atomic E-state index is 13.9. The van der Waals surface area contributed by atoms with Crippen molar-refractivity contribution < 1.29 is 48.6 Å². The molecule has 0 bridgehead atoms. The second kappa shape index (κ2) is 28.9. The Morgan fingerprint density at radius 2 is 0.950 bits per heavy atom. The average molecular weight is 875 g/mol. The monoisotopic (exact) mass is 874 g/mol. The predicted molar refractivity (Wildman–Crippen MR) is 226 cm³/mol. The van der Waals surface area contributed by atoms with Crippen molar-refractivity contribution in [3.8, 4) is 0 Å². The van der Waals surface area contributed by atoms with Gasteiger partial charge in [-0.2, -0.15) is 12.6 Å². The fourth-order valence-electron chi connectivity index (χ4n) is 5.29. The molecule has 0 aliphatic heterocycles. The van der Waals surface area contributed by atoms with Gasteiger partial charge in [-0.1, -0.05) is 27.7 Å². The number of nitrogens with zero attached hydrogens (tertiary/aromatic N) is 2. The van der Waals surface area contributed by atoms with Crippen molar-refractivity contribution in [2.45, 2.75) is 115 Å². The summed E-state index contributed by atoms with van der Waals surface area (Å²) in [6.45, 7) is 6.98. The summed E-state index contributed by atoms with van der Waals surface area (Å²) in [5, 5.41) is 36.0. The molecule has 60 heavy (non-hydrogen) atoms. The standard InChI is InChI=1S/C35H66N14O10S/c1-17(2)12-23(29(55)43-14-26(51)52)48-33(59)25(15-50)49-27(53)19(5)44-30(56)21(8-6-10-41-34(37)38)45-31(57)22(9-7-11-42-35(39)40)46-32(58)24(13-18(3)4)47-28(54)20(36)16-60/h17-25,50,60H,6-16,36H2,1-5H3,(H,43,55)(H,44,56)(H,45,57)(H,46,58)(H,47,54)(H,48,59)(H,49,53)(H,51,52)(H4,37,38,41)(H4,39,40,42)/t19-,20-,21-,22-,23-,24-,25-/m0/s1. The number of aliphatic imine (C=N–C) groups is 2. The van der Waals surface area contributed by atoms with Gasteiger partial charge in [0.2, 0.25) is 41.4 Å². The van der Waals surface area contributed by atoms with Crippen LogP contribution in [0.3, 0.4) is 0 Å². The Morgan fingerprint density at radius 3 is 1.37 bits per heavy atom. The van der Waals surface area contributed by atoms with E-state index in [1.54, 1.807) is 13.8 Å². The quantitative estimate of drug-likeness (QED) is 0.0144. The summed E-state index contributed by atoms with van der Waals surface area (Å²) in [4.78, 5) is 111. The highest BCUT2D eigenvalue weighted by atomic mass is 32.1. The van der Waals surface area contributed by atoms with Gasteiger partial charge in [0.15, 0.2) is 11.9 Å². The number of nitrogens with one attached hydrogen (secondary N) is 7. The van der Waals surface area contributed by atoms with Crippen LogP contribution in [0, 0.1) is 11.8 Å². The maximum Gasteiger partial charge on any atom is 0.322 e. The van der Waals surface area contributed by atoms with E-state index >= 15 is 0 Å². The molecule has 7 atom stereocenters. The second-order valence-electron chi connectivity index (χ2n) is 14.8. The fourth-order valence-corrected chi connectivity index (χ4v) is 5.45. The van der Waals surface area contributed by atoms with Crippen molar-refractivity contribution in [2.75, 3.05) is 32.0 Å². The van der Waals surface area contributed by atoms with E-state index in [0.717, 1.165) is 0 Å². The van der Waals surface area contributed by atoms with Crippen molar-refractivity contribution in [3.05, 3.63) is 0 Å². The highest BCUT2D eigenvalue weighted by Gasteiger charge is 2.33. The number of guanidine groups is 2. The molecule has 342 valence electrons. The Kier molecular flexibility index (Phi) is 26.3. The predicted octanol–water partition coefficient (Wildman–Crippen LogP) is -5.44. The number of amides is 7. The average Bonchev–Trinajstić information content (AvgIpc) is 3.16. The van der Waals surface area contributed by atoms with Crippen molar-refractivity contribution in [1.82, 2.24) is 37.2 Å². The first-order valence-electron chi connectivity index (χ1n) is 19.4. The number of carbonyl (C=O) groups is 8. The van der Waals surface area contributed by atoms with Crippen molar-refractivity contribution in [3.63, 3.8) is 0 Å². The van der Waals surface area contributed by atoms with E-state index < -0.39 is 103 Å². The summed E-state index contributed by atoms with van der Waals surface area (Å²) in [5.41, 5.74) is 27.5. The molecular formula is C35H66N14O10S. The zero-order valence-corrected chi connectivity index (χ0v) is 35.8. The molecule has 0 saturated heterocycles. The van der Waals surface area contributed by atoms with Crippen molar-refractivity contribution in [1.29, 1.82) is 0 Å². The maximum atomic E-state index is 13.9. The highest BCUT2D eigenvalue weighted by Crippen LogP contribution is 2.10. The molecule has 0 aromatic rings. The van der Waals surface area contributed by atoms with Gasteiger partial charge in [0.1, 0.15) is 42.8 Å². The van der Waals surface area contributed by atoms with Crippen LogP contribution in [0.15, 0.2) is 9.98 Å². The Labute approximate surface area is 355 Å². The summed E-state index contributed by atoms with van der Waals surface area (Å²) in [6.07, 6.45) is 0.579. The molecule has 0 aliphatic carbocycles. The van der Waals surface area contributed by atoms with E-state index in [9.17, 15) is 43.5 Å². The lowest BCUT2D eigenvalue weighted by Crippen LogP contribution is -2.60. The van der Waals surface area contributed by atoms with Gasteiger partial charge < -0.3 is 76.1 Å². The molecule has 19 N–H and O–H groups in total. The van der Waals surface area contributed by atoms with Gasteiger partial charge in [-0.05, 0) is 57.3 Å². The molecule has 25 heteroatoms. The molecule has 0 fully saturated rings. The van der Waals surface area contributed by atoms with Crippen molar-refractivity contribution >= 4 is 71.9 Å². The number of hydrogen-bond acceptors (Lipinski definition) is 13. The molecule has 0 spiro atoms. The van der Waals surface area contributed by atoms with Crippen LogP contribution < -0.4 is 65.9 Å². The van der Waals surface area contributed by atoms with Crippen LogP contribution in [-0.4, -0.2) is 144 Å². The van der Waals surface area contributed by atoms with Gasteiger partial charge in [-0.3, -0.25) is 48.3 Å². The van der Waals surface area contributed by atoms with Gasteiger partial charge in [-0.25, -0.2) is 0 Å². The van der Waals surface area contributed by atoms with Crippen LogP contribution in [-0.2, 0) is 38.4 Å². The van der Waals surface area contributed by atoms with Crippen molar-refractivity contribution in [2.24, 2.45) is 50.5 Å². The van der Waals surface area contributed by atoms with E-state index in [1.807, 2.05) is 13.8 Å². The summed E-state index contributed by atoms with van der Waals surface area (Å²) in [7, 11) is 0. The van der Waals surface area contributed by atoms with Crippen LogP contribution in [0.1, 0.15) is 73.1 Å². The molecule has 0 aromatic carbocycles. The molecule has 0 radical (unpaired) electrons. The molecule has 0 rings (SSSR count). The van der Waals surface area contributed by atoms with E-state index in [1.165, 1.54) is 6.92 Å². The summed E-state index contributed by atoms with van der Waals surface area (Å²) in [6, 6.07) is -8.85. The lowest BCUT2D eigenvalue weighted by molar-refractivity contribution is -0.138. The van der Waals surface area contributed by atoms with Crippen LogP contribution in [0.4, 0.5) is 0 Å². The lowest BCUT2D eigenvalue weighted by atomic mass is 10.0. The highest BCUT2D eigenvalue weighted by molar-refractivity contribution is 7.80. The number of carboxylic acid groups (broad SMARTS) is 1. The lowest BCUT2D eigenvalue weighted by Gasteiger charge is -2.27. The number of carboxylic acids is 1. The van der Waals surface area contributed by atoms with E-state index in [4.69, 9.17) is 33.8 Å². The molecule has 0 heterocycles. The number of aliphatic hydroxyl groups excluding tert-OH is 1. The Hall–Kier alpha value is -5.43. The fraction of sp³-hybridized carbons (Fsp3) is 0.714. The van der Waals surface area contributed by atoms with Crippen LogP contribution in [0.25, 0.3) is 0 Å². The number of thiol groups is 1. The second-order valence-corrected chi connectivity index (χ2v) is 15.1. The molecule has 7 amide bonds. The third kappa shape index (κ3) is 23.2. The summed E-state index contributed by atoms with van der Waals surface area (Å²) < 4.78 is 0. The third-order valence-electron chi connectivity index (χ3n) is 8.35. The largest absolute Gasteiger partial charge is 0.480 e. The number of carbonyl (C=O) groups excluding carboxylic acids is 7. The molecular weight excluding hydrogens is 809 g/mol. The van der Waals surface area contributed by atoms with E-state index in [-0.39, 0.29) is 81.1 Å². The van der Waals surface area contributed by atoms with Gasteiger partial charge in [0.25, 0.3) is 0 Å².